The van der Waals surface area contributed by atoms with Gasteiger partial charge in [-0.25, -0.2) is 14.6 Å². The van der Waals surface area contributed by atoms with Gasteiger partial charge in [0.1, 0.15) is 12.3 Å². The van der Waals surface area contributed by atoms with Gasteiger partial charge in [0.05, 0.1) is 23.4 Å². The summed E-state index contributed by atoms with van der Waals surface area (Å²) in [6.45, 7) is 0.0593. The number of methoxy groups -OCH3 is 1. The van der Waals surface area contributed by atoms with E-state index in [-0.39, 0.29) is 6.61 Å². The van der Waals surface area contributed by atoms with Crippen molar-refractivity contribution in [2.24, 2.45) is 0 Å². The van der Waals surface area contributed by atoms with E-state index in [0.717, 1.165) is 11.2 Å². The summed E-state index contributed by atoms with van der Waals surface area (Å²) in [5.41, 5.74) is 2.55. The highest BCUT2D eigenvalue weighted by molar-refractivity contribution is 6.30. The van der Waals surface area contributed by atoms with Gasteiger partial charge < -0.3 is 13.9 Å². The van der Waals surface area contributed by atoms with Crippen LogP contribution < -0.4 is 0 Å². The van der Waals surface area contributed by atoms with Gasteiger partial charge in [-0.05, 0) is 35.9 Å². The summed E-state index contributed by atoms with van der Waals surface area (Å²) in [6.07, 6.45) is 6.41. The number of hydrogen-bond acceptors (Lipinski definition) is 5. The van der Waals surface area contributed by atoms with E-state index in [1.165, 1.54) is 13.2 Å². The third-order valence-corrected chi connectivity index (χ3v) is 3.79. The minimum absolute atomic E-state index is 0.0593. The second-order valence-electron chi connectivity index (χ2n) is 5.40. The first-order valence-corrected chi connectivity index (χ1v) is 8.09. The number of ether oxygens (including phenoxy) is 2. The van der Waals surface area contributed by atoms with Gasteiger partial charge in [-0.2, -0.15) is 0 Å². The molecule has 2 heterocycles. The molecule has 0 aliphatic heterocycles. The molecule has 1 aromatic carbocycles. The number of nitrogens with zero attached hydrogens (tertiary/aromatic N) is 2. The Bertz CT molecular complexity index is 977. The van der Waals surface area contributed by atoms with Gasteiger partial charge in [0, 0.05) is 18.5 Å². The number of aromatic nitrogens is 2. The van der Waals surface area contributed by atoms with Crippen molar-refractivity contribution < 1.29 is 19.1 Å². The summed E-state index contributed by atoms with van der Waals surface area (Å²) in [4.78, 5) is 27.5. The fourth-order valence-corrected chi connectivity index (χ4v) is 2.46. The Morgan fingerprint density at radius 2 is 1.92 bits per heavy atom. The first kappa shape index (κ1) is 17.7. The Hall–Kier alpha value is -3.12. The number of carbonyl (C=O) groups excluding carboxylic acids is 2. The number of halogens is 1. The van der Waals surface area contributed by atoms with Crippen molar-refractivity contribution >= 4 is 35.3 Å². The van der Waals surface area contributed by atoms with Crippen LogP contribution in [0, 0.1) is 0 Å². The van der Waals surface area contributed by atoms with Crippen LogP contribution in [-0.2, 0) is 20.9 Å². The highest BCUT2D eigenvalue weighted by atomic mass is 35.5. The average molecular weight is 371 g/mol. The largest absolute Gasteiger partial charge is 0.465 e. The highest BCUT2D eigenvalue weighted by Gasteiger charge is 2.06. The molecule has 0 N–H and O–H groups in total. The van der Waals surface area contributed by atoms with Gasteiger partial charge in [0.2, 0.25) is 0 Å². The molecular formula is C19H15ClN2O4. The molecule has 0 spiro atoms. The van der Waals surface area contributed by atoms with Crippen molar-refractivity contribution in [3.63, 3.8) is 0 Å². The van der Waals surface area contributed by atoms with Crippen LogP contribution >= 0.6 is 11.6 Å². The molecule has 0 bridgehead atoms. The van der Waals surface area contributed by atoms with Crippen LogP contribution in [-0.4, -0.2) is 28.4 Å². The molecule has 26 heavy (non-hydrogen) atoms. The van der Waals surface area contributed by atoms with Gasteiger partial charge in [0.15, 0.2) is 0 Å². The van der Waals surface area contributed by atoms with Gasteiger partial charge in [-0.1, -0.05) is 23.7 Å². The third kappa shape index (κ3) is 4.29. The molecule has 0 atom stereocenters. The van der Waals surface area contributed by atoms with Crippen molar-refractivity contribution in [1.82, 2.24) is 9.38 Å². The Balaban J connectivity index is 1.57. The summed E-state index contributed by atoms with van der Waals surface area (Å²) in [7, 11) is 1.32. The number of fused-ring (bicyclic) bond motifs is 1. The Morgan fingerprint density at radius 1 is 1.15 bits per heavy atom. The van der Waals surface area contributed by atoms with Crippen molar-refractivity contribution in [2.75, 3.05) is 7.11 Å². The molecule has 0 unspecified atom stereocenters. The maximum Gasteiger partial charge on any atom is 0.337 e. The highest BCUT2D eigenvalue weighted by Crippen LogP contribution is 2.12. The lowest BCUT2D eigenvalue weighted by atomic mass is 10.1. The number of hydrogen-bond donors (Lipinski definition) is 0. The molecule has 7 heteroatoms. The molecule has 0 amide bonds. The van der Waals surface area contributed by atoms with E-state index in [2.05, 4.69) is 9.72 Å². The zero-order valence-corrected chi connectivity index (χ0v) is 14.6. The molecule has 0 aliphatic carbocycles. The zero-order valence-electron chi connectivity index (χ0n) is 13.9. The number of rotatable bonds is 5. The van der Waals surface area contributed by atoms with Crippen LogP contribution in [0.25, 0.3) is 11.7 Å². The van der Waals surface area contributed by atoms with Gasteiger partial charge in [-0.15, -0.1) is 0 Å². The van der Waals surface area contributed by atoms with Crippen molar-refractivity contribution in [1.29, 1.82) is 0 Å². The van der Waals surface area contributed by atoms with Crippen LogP contribution in [0.2, 0.25) is 5.02 Å². The van der Waals surface area contributed by atoms with Gasteiger partial charge >= 0.3 is 11.9 Å². The maximum absolute atomic E-state index is 11.8. The summed E-state index contributed by atoms with van der Waals surface area (Å²) in [5, 5.41) is 0.597. The predicted molar refractivity (Wildman–Crippen MR) is 96.8 cm³/mol. The second-order valence-corrected chi connectivity index (χ2v) is 5.84. The van der Waals surface area contributed by atoms with E-state index in [0.29, 0.717) is 16.3 Å². The van der Waals surface area contributed by atoms with Crippen molar-refractivity contribution in [2.45, 2.75) is 6.61 Å². The molecule has 2 aromatic heterocycles. The van der Waals surface area contributed by atoms with Crippen LogP contribution in [0.15, 0.2) is 54.9 Å². The summed E-state index contributed by atoms with van der Waals surface area (Å²) < 4.78 is 11.6. The van der Waals surface area contributed by atoms with Crippen LogP contribution in [0.4, 0.5) is 0 Å². The number of esters is 2. The maximum atomic E-state index is 11.8. The molecule has 0 saturated carbocycles. The predicted octanol–water partition coefficient (Wildman–Crippen LogP) is 3.53. The topological polar surface area (TPSA) is 69.9 Å². The Kier molecular flexibility index (Phi) is 5.34. The molecule has 3 rings (SSSR count). The summed E-state index contributed by atoms with van der Waals surface area (Å²) >= 11 is 5.92. The van der Waals surface area contributed by atoms with E-state index in [4.69, 9.17) is 16.3 Å². The van der Waals surface area contributed by atoms with Crippen molar-refractivity contribution in [3.05, 3.63) is 76.7 Å². The summed E-state index contributed by atoms with van der Waals surface area (Å²) in [6, 6.07) is 10.2. The number of imidazole rings is 1. The van der Waals surface area contributed by atoms with Crippen LogP contribution in [0.1, 0.15) is 21.6 Å². The zero-order chi connectivity index (χ0) is 18.5. The number of benzene rings is 1. The second kappa shape index (κ2) is 7.84. The normalized spacial score (nSPS) is 11.0. The summed E-state index contributed by atoms with van der Waals surface area (Å²) in [5.74, 6) is -0.897. The average Bonchev–Trinajstić information content (AvgIpc) is 3.06. The minimum Gasteiger partial charge on any atom is -0.465 e. The standard InChI is InChI=1S/C19H15ClN2O4/c1-25-19(24)14-5-2-13(3-6-14)4-9-18(23)26-12-16-11-22-10-15(20)7-8-17(22)21-16/h2-11H,12H2,1H3/b9-4+. The van der Waals surface area contributed by atoms with Gasteiger partial charge in [-0.3, -0.25) is 0 Å². The van der Waals surface area contributed by atoms with Crippen LogP contribution in [0.5, 0.6) is 0 Å². The van der Waals surface area contributed by atoms with E-state index in [9.17, 15) is 9.59 Å². The Morgan fingerprint density at radius 3 is 2.65 bits per heavy atom. The van der Waals surface area contributed by atoms with E-state index >= 15 is 0 Å². The van der Waals surface area contributed by atoms with Crippen molar-refractivity contribution in [3.8, 4) is 0 Å². The lowest BCUT2D eigenvalue weighted by molar-refractivity contribution is -0.139. The number of carbonyl (C=O) groups is 2. The lowest BCUT2D eigenvalue weighted by Crippen LogP contribution is -2.01. The smallest absolute Gasteiger partial charge is 0.337 e. The van der Waals surface area contributed by atoms with Gasteiger partial charge in [0.25, 0.3) is 0 Å². The SMILES string of the molecule is COC(=O)c1ccc(/C=C/C(=O)OCc2cn3cc(Cl)ccc3n2)cc1. The molecule has 0 saturated heterocycles. The molecule has 0 aliphatic rings. The third-order valence-electron chi connectivity index (χ3n) is 3.57. The quantitative estimate of drug-likeness (QED) is 0.507. The van der Waals surface area contributed by atoms with E-state index < -0.39 is 11.9 Å². The molecule has 132 valence electrons. The monoisotopic (exact) mass is 370 g/mol. The lowest BCUT2D eigenvalue weighted by Gasteiger charge is -2.00. The Labute approximate surface area is 154 Å². The first-order chi connectivity index (χ1) is 12.5. The minimum atomic E-state index is -0.489. The molecule has 0 radical (unpaired) electrons. The molecular weight excluding hydrogens is 356 g/mol. The van der Waals surface area contributed by atoms with E-state index in [1.807, 2.05) is 0 Å². The first-order valence-electron chi connectivity index (χ1n) is 7.71. The van der Waals surface area contributed by atoms with Crippen LogP contribution in [0.3, 0.4) is 0 Å². The fourth-order valence-electron chi connectivity index (χ4n) is 2.29. The fraction of sp³-hybridized carbons (Fsp3) is 0.105. The van der Waals surface area contributed by atoms with E-state index in [1.54, 1.807) is 59.3 Å². The number of pyridine rings is 1. The molecule has 0 fully saturated rings. The molecule has 3 aromatic rings. The molecule has 6 nitrogen and oxygen atoms in total.